The molecule has 1 aromatic rings. The van der Waals surface area contributed by atoms with Crippen LogP contribution >= 0.6 is 24.0 Å². The number of rotatable bonds is 5. The van der Waals surface area contributed by atoms with Crippen molar-refractivity contribution in [2.45, 2.75) is 32.1 Å². The molecule has 1 saturated heterocycles. The van der Waals surface area contributed by atoms with Crippen molar-refractivity contribution in [1.82, 2.24) is 10.2 Å². The van der Waals surface area contributed by atoms with Crippen molar-refractivity contribution < 1.29 is 9.59 Å². The molecule has 0 spiro atoms. The van der Waals surface area contributed by atoms with E-state index in [9.17, 15) is 9.59 Å². The molecule has 1 aliphatic heterocycles. The van der Waals surface area contributed by atoms with Gasteiger partial charge in [-0.3, -0.25) is 9.59 Å². The maximum atomic E-state index is 13.0. The summed E-state index contributed by atoms with van der Waals surface area (Å²) in [5.41, 5.74) is 5.70. The van der Waals surface area contributed by atoms with Crippen LogP contribution in [0.5, 0.6) is 0 Å². The smallest absolute Gasteiger partial charge is 0.232 e. The fourth-order valence-corrected chi connectivity index (χ4v) is 3.23. The fourth-order valence-electron chi connectivity index (χ4n) is 3.10. The number of nitrogens with two attached hydrogens (primary N) is 1. The van der Waals surface area contributed by atoms with E-state index in [1.54, 1.807) is 12.1 Å². The zero-order chi connectivity index (χ0) is 17.7. The van der Waals surface area contributed by atoms with E-state index < -0.39 is 5.41 Å². The van der Waals surface area contributed by atoms with Crippen molar-refractivity contribution in [3.63, 3.8) is 0 Å². The van der Waals surface area contributed by atoms with Crippen LogP contribution < -0.4 is 11.1 Å². The Labute approximate surface area is 160 Å². The molecule has 5 nitrogen and oxygen atoms in total. The molecule has 1 fully saturated rings. The molecule has 1 unspecified atom stereocenters. The summed E-state index contributed by atoms with van der Waals surface area (Å²) in [5, 5.41) is 3.47. The number of nitrogens with zero attached hydrogens (tertiary/aromatic N) is 1. The number of piperidine rings is 1. The Hall–Kier alpha value is -1.30. The Morgan fingerprint density at radius 3 is 2.56 bits per heavy atom. The molecule has 0 saturated carbocycles. The maximum absolute atomic E-state index is 13.0. The lowest BCUT2D eigenvalue weighted by Crippen LogP contribution is -2.50. The molecule has 3 N–H and O–H groups in total. The average Bonchev–Trinajstić information content (AvgIpc) is 2.59. The molecule has 0 radical (unpaired) electrons. The fraction of sp³-hybridized carbons (Fsp3) is 0.556. The average molecular weight is 388 g/mol. The number of carbonyl (C=O) groups excluding carboxylic acids is 2. The molecular formula is C18H27Cl2N3O2. The van der Waals surface area contributed by atoms with Gasteiger partial charge >= 0.3 is 0 Å². The zero-order valence-electron chi connectivity index (χ0n) is 14.8. The summed E-state index contributed by atoms with van der Waals surface area (Å²) in [5.74, 6) is -0.126. The predicted molar refractivity (Wildman–Crippen MR) is 103 cm³/mol. The third-order valence-electron chi connectivity index (χ3n) is 4.62. The Kier molecular flexibility index (Phi) is 8.19. The van der Waals surface area contributed by atoms with Crippen LogP contribution in [0, 0.1) is 5.92 Å². The number of carbonyl (C=O) groups is 2. The minimum Gasteiger partial charge on any atom is -0.355 e. The standard InChI is InChI=1S/C18H26ClN3O2.ClH/c1-18(2,14-5-7-15(19)8-6-14)17(24)22-11-3-4-13(12-22)16(23)21-10-9-20;/h5-8,13H,3-4,9-12,20H2,1-2H3,(H,21,23);1H. The Balaban J connectivity index is 0.00000312. The minimum atomic E-state index is -0.653. The summed E-state index contributed by atoms with van der Waals surface area (Å²) in [6.45, 7) is 5.88. The second-order valence-corrected chi connectivity index (χ2v) is 7.24. The molecule has 140 valence electrons. The van der Waals surface area contributed by atoms with Crippen LogP contribution in [0.3, 0.4) is 0 Å². The number of nitrogens with one attached hydrogen (secondary N) is 1. The molecule has 1 aromatic carbocycles. The Morgan fingerprint density at radius 2 is 1.96 bits per heavy atom. The van der Waals surface area contributed by atoms with Crippen LogP contribution in [0.25, 0.3) is 0 Å². The SMILES string of the molecule is CC(C)(C(=O)N1CCCC(C(=O)NCCN)C1)c1ccc(Cl)cc1.Cl. The van der Waals surface area contributed by atoms with Crippen molar-refractivity contribution in [3.05, 3.63) is 34.9 Å². The second-order valence-electron chi connectivity index (χ2n) is 6.80. The first kappa shape index (κ1) is 21.7. The molecule has 0 aromatic heterocycles. The summed E-state index contributed by atoms with van der Waals surface area (Å²) in [6.07, 6.45) is 1.64. The number of likely N-dealkylation sites (tertiary alicyclic amines) is 1. The van der Waals surface area contributed by atoms with Crippen molar-refractivity contribution in [2.24, 2.45) is 11.7 Å². The largest absolute Gasteiger partial charge is 0.355 e. The lowest BCUT2D eigenvalue weighted by atomic mass is 9.82. The topological polar surface area (TPSA) is 75.4 Å². The van der Waals surface area contributed by atoms with Gasteiger partial charge in [-0.15, -0.1) is 12.4 Å². The Bertz CT molecular complexity index is 590. The second kappa shape index (κ2) is 9.41. The third kappa shape index (κ3) is 5.33. The molecule has 2 amide bonds. The van der Waals surface area contributed by atoms with E-state index in [0.717, 1.165) is 18.4 Å². The van der Waals surface area contributed by atoms with E-state index in [1.165, 1.54) is 0 Å². The van der Waals surface area contributed by atoms with Crippen molar-refractivity contribution in [1.29, 1.82) is 0 Å². The van der Waals surface area contributed by atoms with E-state index in [4.69, 9.17) is 17.3 Å². The summed E-state index contributed by atoms with van der Waals surface area (Å²) in [7, 11) is 0. The van der Waals surface area contributed by atoms with Gasteiger partial charge in [0.25, 0.3) is 0 Å². The third-order valence-corrected chi connectivity index (χ3v) is 4.88. The highest BCUT2D eigenvalue weighted by atomic mass is 35.5. The number of hydrogen-bond acceptors (Lipinski definition) is 3. The molecule has 7 heteroatoms. The first-order chi connectivity index (χ1) is 11.4. The molecule has 1 heterocycles. The van der Waals surface area contributed by atoms with Crippen molar-refractivity contribution >= 4 is 35.8 Å². The first-order valence-corrected chi connectivity index (χ1v) is 8.77. The molecular weight excluding hydrogens is 361 g/mol. The first-order valence-electron chi connectivity index (χ1n) is 8.39. The molecule has 2 rings (SSSR count). The summed E-state index contributed by atoms with van der Waals surface area (Å²) >= 11 is 5.94. The van der Waals surface area contributed by atoms with E-state index in [0.29, 0.717) is 31.2 Å². The van der Waals surface area contributed by atoms with Crippen LogP contribution in [-0.2, 0) is 15.0 Å². The highest BCUT2D eigenvalue weighted by molar-refractivity contribution is 6.30. The highest BCUT2D eigenvalue weighted by Crippen LogP contribution is 2.29. The van der Waals surface area contributed by atoms with Gasteiger partial charge in [0, 0.05) is 31.2 Å². The van der Waals surface area contributed by atoms with E-state index in [2.05, 4.69) is 5.32 Å². The summed E-state index contributed by atoms with van der Waals surface area (Å²) in [4.78, 5) is 27.0. The van der Waals surface area contributed by atoms with E-state index in [-0.39, 0.29) is 30.1 Å². The van der Waals surface area contributed by atoms with Crippen LogP contribution in [0.2, 0.25) is 5.02 Å². The van der Waals surface area contributed by atoms with Crippen LogP contribution in [0.15, 0.2) is 24.3 Å². The van der Waals surface area contributed by atoms with Gasteiger partial charge in [-0.25, -0.2) is 0 Å². The van der Waals surface area contributed by atoms with Crippen molar-refractivity contribution in [2.75, 3.05) is 26.2 Å². The van der Waals surface area contributed by atoms with Gasteiger partial charge in [-0.2, -0.15) is 0 Å². The van der Waals surface area contributed by atoms with Gasteiger partial charge in [0.2, 0.25) is 11.8 Å². The van der Waals surface area contributed by atoms with Gasteiger partial charge in [0.1, 0.15) is 0 Å². The van der Waals surface area contributed by atoms with E-state index in [1.807, 2.05) is 30.9 Å². The lowest BCUT2D eigenvalue weighted by Gasteiger charge is -2.37. The number of hydrogen-bond donors (Lipinski definition) is 2. The Morgan fingerprint density at radius 1 is 1.32 bits per heavy atom. The number of benzene rings is 1. The summed E-state index contributed by atoms with van der Waals surface area (Å²) < 4.78 is 0. The quantitative estimate of drug-likeness (QED) is 0.813. The van der Waals surface area contributed by atoms with Gasteiger partial charge in [0.05, 0.1) is 11.3 Å². The van der Waals surface area contributed by atoms with Crippen molar-refractivity contribution in [3.8, 4) is 0 Å². The monoisotopic (exact) mass is 387 g/mol. The molecule has 0 bridgehead atoms. The zero-order valence-corrected chi connectivity index (χ0v) is 16.3. The van der Waals surface area contributed by atoms with E-state index >= 15 is 0 Å². The van der Waals surface area contributed by atoms with Crippen LogP contribution in [-0.4, -0.2) is 42.9 Å². The van der Waals surface area contributed by atoms with Gasteiger partial charge in [-0.1, -0.05) is 23.7 Å². The predicted octanol–water partition coefficient (Wildman–Crippen LogP) is 2.35. The normalized spacial score (nSPS) is 17.6. The molecule has 1 aliphatic rings. The molecule has 25 heavy (non-hydrogen) atoms. The highest BCUT2D eigenvalue weighted by Gasteiger charge is 2.37. The van der Waals surface area contributed by atoms with Gasteiger partial charge in [-0.05, 0) is 44.4 Å². The number of amides is 2. The lowest BCUT2D eigenvalue weighted by molar-refractivity contribution is -0.140. The van der Waals surface area contributed by atoms with Gasteiger partial charge in [0.15, 0.2) is 0 Å². The van der Waals surface area contributed by atoms with Crippen LogP contribution in [0.4, 0.5) is 0 Å². The molecule has 0 aliphatic carbocycles. The van der Waals surface area contributed by atoms with Gasteiger partial charge < -0.3 is 16.0 Å². The number of halogens is 2. The summed E-state index contributed by atoms with van der Waals surface area (Å²) in [6, 6.07) is 7.36. The van der Waals surface area contributed by atoms with Crippen LogP contribution in [0.1, 0.15) is 32.3 Å². The maximum Gasteiger partial charge on any atom is 0.232 e. The minimum absolute atomic E-state index is 0. The molecule has 1 atom stereocenters.